The van der Waals surface area contributed by atoms with Gasteiger partial charge < -0.3 is 14.2 Å². The third kappa shape index (κ3) is 3.79. The van der Waals surface area contributed by atoms with Gasteiger partial charge in [0, 0.05) is 11.1 Å². The summed E-state index contributed by atoms with van der Waals surface area (Å²) >= 11 is 0. The van der Waals surface area contributed by atoms with Crippen LogP contribution in [0.15, 0.2) is 53.2 Å². The summed E-state index contributed by atoms with van der Waals surface area (Å²) in [5.74, 6) is 0.111. The molecule has 0 radical (unpaired) electrons. The van der Waals surface area contributed by atoms with Crippen molar-refractivity contribution in [1.29, 1.82) is 0 Å². The number of halogens is 3. The van der Waals surface area contributed by atoms with Crippen molar-refractivity contribution in [1.82, 2.24) is 0 Å². The molecular formula is C19H14F3NO4. The van der Waals surface area contributed by atoms with Crippen molar-refractivity contribution in [3.05, 3.63) is 64.9 Å². The van der Waals surface area contributed by atoms with E-state index in [1.165, 1.54) is 32.4 Å². The fourth-order valence-corrected chi connectivity index (χ4v) is 2.51. The quantitative estimate of drug-likeness (QED) is 0.595. The van der Waals surface area contributed by atoms with E-state index in [9.17, 15) is 18.0 Å². The van der Waals surface area contributed by atoms with Crippen molar-refractivity contribution >= 4 is 17.9 Å². The number of para-hydroxylation sites is 1. The highest BCUT2D eigenvalue weighted by molar-refractivity contribution is 6.13. The molecule has 8 heteroatoms. The smallest absolute Gasteiger partial charge is 0.416 e. The molecule has 1 aliphatic rings. The molecule has 0 unspecified atom stereocenters. The summed E-state index contributed by atoms with van der Waals surface area (Å²) in [6.45, 7) is 0. The molecule has 140 valence electrons. The minimum atomic E-state index is -4.44. The van der Waals surface area contributed by atoms with E-state index in [0.717, 1.165) is 12.1 Å². The first-order chi connectivity index (χ1) is 12.8. The molecule has 0 spiro atoms. The normalized spacial score (nSPS) is 15.5. The lowest BCUT2D eigenvalue weighted by molar-refractivity contribution is -0.137. The number of carbonyl (C=O) groups is 1. The Kier molecular flexibility index (Phi) is 4.89. The molecule has 0 aliphatic carbocycles. The molecule has 1 heterocycles. The van der Waals surface area contributed by atoms with E-state index in [-0.39, 0.29) is 17.2 Å². The van der Waals surface area contributed by atoms with Crippen LogP contribution in [-0.4, -0.2) is 26.1 Å². The van der Waals surface area contributed by atoms with Gasteiger partial charge in [-0.1, -0.05) is 12.1 Å². The van der Waals surface area contributed by atoms with E-state index in [2.05, 4.69) is 4.99 Å². The number of esters is 1. The van der Waals surface area contributed by atoms with Crippen molar-refractivity contribution in [3.8, 4) is 11.5 Å². The Bertz CT molecular complexity index is 931. The van der Waals surface area contributed by atoms with Gasteiger partial charge in [0.05, 0.1) is 19.8 Å². The lowest BCUT2D eigenvalue weighted by atomic mass is 10.1. The molecule has 3 rings (SSSR count). The van der Waals surface area contributed by atoms with Gasteiger partial charge in [-0.3, -0.25) is 0 Å². The summed E-state index contributed by atoms with van der Waals surface area (Å²) in [6.07, 6.45) is -2.98. The zero-order chi connectivity index (χ0) is 19.6. The lowest BCUT2D eigenvalue weighted by Crippen LogP contribution is -2.08. The molecular weight excluding hydrogens is 363 g/mol. The Hall–Kier alpha value is -3.29. The minimum absolute atomic E-state index is 0.00329. The first kappa shape index (κ1) is 18.5. The van der Waals surface area contributed by atoms with Crippen LogP contribution in [0.4, 0.5) is 13.2 Å². The summed E-state index contributed by atoms with van der Waals surface area (Å²) in [4.78, 5) is 16.2. The first-order valence-corrected chi connectivity index (χ1v) is 7.74. The number of ether oxygens (including phenoxy) is 3. The highest BCUT2D eigenvalue weighted by Gasteiger charge is 2.31. The van der Waals surface area contributed by atoms with Gasteiger partial charge in [-0.25, -0.2) is 9.79 Å². The number of nitrogens with zero attached hydrogens (tertiary/aromatic N) is 1. The Labute approximate surface area is 152 Å². The fraction of sp³-hybridized carbons (Fsp3) is 0.158. The molecule has 0 aromatic heterocycles. The van der Waals surface area contributed by atoms with Gasteiger partial charge in [0.2, 0.25) is 5.90 Å². The number of cyclic esters (lactones) is 1. The number of rotatable bonds is 4. The summed E-state index contributed by atoms with van der Waals surface area (Å²) in [5.41, 5.74) is 0.00286. The van der Waals surface area contributed by atoms with Crippen LogP contribution in [0.25, 0.3) is 6.08 Å². The molecule has 0 atom stereocenters. The number of aliphatic imine (C=N–C) groups is 1. The number of benzene rings is 2. The molecule has 27 heavy (non-hydrogen) atoms. The average Bonchev–Trinajstić information content (AvgIpc) is 3.01. The van der Waals surface area contributed by atoms with Crippen molar-refractivity contribution < 1.29 is 32.2 Å². The average molecular weight is 377 g/mol. The third-order valence-electron chi connectivity index (χ3n) is 3.81. The van der Waals surface area contributed by atoms with Crippen molar-refractivity contribution in [2.24, 2.45) is 4.99 Å². The summed E-state index contributed by atoms with van der Waals surface area (Å²) in [7, 11) is 2.95. The van der Waals surface area contributed by atoms with Gasteiger partial charge >= 0.3 is 12.1 Å². The second-order valence-electron chi connectivity index (χ2n) is 5.49. The third-order valence-corrected chi connectivity index (χ3v) is 3.81. The standard InChI is InChI=1S/C19H14F3NO4/c1-25-15-5-3-4-12(16(15)26-2)10-14-18(24)27-17(23-14)11-6-8-13(9-7-11)19(20,21)22/h3-10H,1-2H3/b14-10-. The predicted octanol–water partition coefficient (Wildman–Crippen LogP) is 4.07. The molecule has 2 aromatic rings. The molecule has 0 saturated heterocycles. The largest absolute Gasteiger partial charge is 0.493 e. The first-order valence-electron chi connectivity index (χ1n) is 7.74. The van der Waals surface area contributed by atoms with E-state index >= 15 is 0 Å². The Morgan fingerprint density at radius 3 is 2.33 bits per heavy atom. The molecule has 0 fully saturated rings. The maximum atomic E-state index is 12.6. The lowest BCUT2D eigenvalue weighted by Gasteiger charge is -2.09. The van der Waals surface area contributed by atoms with Crippen LogP contribution < -0.4 is 9.47 Å². The monoisotopic (exact) mass is 377 g/mol. The van der Waals surface area contributed by atoms with Crippen LogP contribution in [-0.2, 0) is 15.7 Å². The van der Waals surface area contributed by atoms with E-state index < -0.39 is 17.7 Å². The summed E-state index contributed by atoms with van der Waals surface area (Å²) < 4.78 is 53.5. The van der Waals surface area contributed by atoms with E-state index in [4.69, 9.17) is 14.2 Å². The number of hydrogen-bond donors (Lipinski definition) is 0. The Balaban J connectivity index is 1.94. The molecule has 0 saturated carbocycles. The van der Waals surface area contributed by atoms with Gasteiger partial charge in [-0.2, -0.15) is 13.2 Å². The van der Waals surface area contributed by atoms with Gasteiger partial charge in [-0.15, -0.1) is 0 Å². The van der Waals surface area contributed by atoms with Gasteiger partial charge in [-0.05, 0) is 36.4 Å². The van der Waals surface area contributed by atoms with Crippen molar-refractivity contribution in [2.75, 3.05) is 14.2 Å². The molecule has 0 N–H and O–H groups in total. The Morgan fingerprint density at radius 1 is 1.04 bits per heavy atom. The van der Waals surface area contributed by atoms with Crippen LogP contribution >= 0.6 is 0 Å². The predicted molar refractivity (Wildman–Crippen MR) is 91.6 cm³/mol. The van der Waals surface area contributed by atoms with Crippen molar-refractivity contribution in [3.63, 3.8) is 0 Å². The second-order valence-corrected chi connectivity index (χ2v) is 5.49. The van der Waals surface area contributed by atoms with E-state index in [1.807, 2.05) is 0 Å². The minimum Gasteiger partial charge on any atom is -0.493 e. The maximum Gasteiger partial charge on any atom is 0.416 e. The maximum absolute atomic E-state index is 12.6. The topological polar surface area (TPSA) is 57.1 Å². The van der Waals surface area contributed by atoms with E-state index in [0.29, 0.717) is 17.1 Å². The SMILES string of the molecule is COc1cccc(/C=C2\N=C(c3ccc(C(F)(F)F)cc3)OC2=O)c1OC. The molecule has 1 aliphatic heterocycles. The van der Waals surface area contributed by atoms with Crippen LogP contribution in [0.1, 0.15) is 16.7 Å². The number of methoxy groups -OCH3 is 2. The van der Waals surface area contributed by atoms with E-state index in [1.54, 1.807) is 18.2 Å². The number of alkyl halides is 3. The Morgan fingerprint density at radius 2 is 1.74 bits per heavy atom. The molecule has 5 nitrogen and oxygen atoms in total. The number of carbonyl (C=O) groups excluding carboxylic acids is 1. The summed E-state index contributed by atoms with van der Waals surface area (Å²) in [6, 6.07) is 9.32. The van der Waals surface area contributed by atoms with Gasteiger partial charge in [0.25, 0.3) is 0 Å². The highest BCUT2D eigenvalue weighted by Crippen LogP contribution is 2.33. The number of hydrogen-bond acceptors (Lipinski definition) is 5. The van der Waals surface area contributed by atoms with Crippen LogP contribution in [0.5, 0.6) is 11.5 Å². The molecule has 2 aromatic carbocycles. The van der Waals surface area contributed by atoms with Crippen LogP contribution in [0.2, 0.25) is 0 Å². The van der Waals surface area contributed by atoms with Gasteiger partial charge in [0.15, 0.2) is 17.2 Å². The molecule has 0 amide bonds. The van der Waals surface area contributed by atoms with Crippen LogP contribution in [0, 0.1) is 0 Å². The highest BCUT2D eigenvalue weighted by atomic mass is 19.4. The fourth-order valence-electron chi connectivity index (χ4n) is 2.51. The molecule has 0 bridgehead atoms. The second kappa shape index (κ2) is 7.14. The van der Waals surface area contributed by atoms with Crippen LogP contribution in [0.3, 0.4) is 0 Å². The zero-order valence-electron chi connectivity index (χ0n) is 14.3. The summed E-state index contributed by atoms with van der Waals surface area (Å²) in [5, 5.41) is 0. The van der Waals surface area contributed by atoms with Crippen molar-refractivity contribution in [2.45, 2.75) is 6.18 Å². The zero-order valence-corrected chi connectivity index (χ0v) is 14.3. The van der Waals surface area contributed by atoms with Gasteiger partial charge in [0.1, 0.15) is 0 Å².